The zero-order valence-corrected chi connectivity index (χ0v) is 10.3. The van der Waals surface area contributed by atoms with Gasteiger partial charge in [0.05, 0.1) is 6.61 Å². The Morgan fingerprint density at radius 2 is 2.07 bits per heavy atom. The van der Waals surface area contributed by atoms with Gasteiger partial charge in [-0.3, -0.25) is 0 Å². The summed E-state index contributed by atoms with van der Waals surface area (Å²) in [4.78, 5) is 4.94. The van der Waals surface area contributed by atoms with E-state index in [2.05, 4.69) is 22.2 Å². The summed E-state index contributed by atoms with van der Waals surface area (Å²) in [5.41, 5.74) is 0. The Bertz CT molecular complexity index is 166. The molecule has 0 aromatic rings. The van der Waals surface area contributed by atoms with E-state index in [0.29, 0.717) is 6.04 Å². The van der Waals surface area contributed by atoms with Crippen molar-refractivity contribution in [2.24, 2.45) is 0 Å². The summed E-state index contributed by atoms with van der Waals surface area (Å²) in [5.74, 6) is 0. The fraction of sp³-hybridized carbons (Fsp3) is 1.00. The first-order valence-corrected chi connectivity index (χ1v) is 5.83. The van der Waals surface area contributed by atoms with Crippen molar-refractivity contribution in [1.82, 2.24) is 15.1 Å². The Balaban J connectivity index is 2.29. The monoisotopic (exact) mass is 215 g/mol. The van der Waals surface area contributed by atoms with Crippen molar-refractivity contribution >= 4 is 0 Å². The van der Waals surface area contributed by atoms with Crippen LogP contribution >= 0.6 is 0 Å². The van der Waals surface area contributed by atoms with Crippen LogP contribution < -0.4 is 5.32 Å². The Hall–Kier alpha value is -0.160. The van der Waals surface area contributed by atoms with Crippen molar-refractivity contribution in [1.29, 1.82) is 0 Å². The van der Waals surface area contributed by atoms with Gasteiger partial charge in [0.1, 0.15) is 0 Å². The molecule has 0 saturated carbocycles. The van der Waals surface area contributed by atoms with Crippen molar-refractivity contribution in [3.05, 3.63) is 0 Å². The highest BCUT2D eigenvalue weighted by molar-refractivity contribution is 4.73. The lowest BCUT2D eigenvalue weighted by molar-refractivity contribution is 0.142. The SMILES string of the molecule is CNC(COC)CN1CCCN(C)CC1. The lowest BCUT2D eigenvalue weighted by Crippen LogP contribution is -2.43. The number of nitrogens with one attached hydrogen (secondary N) is 1. The van der Waals surface area contributed by atoms with E-state index in [9.17, 15) is 0 Å². The Labute approximate surface area is 93.6 Å². The molecule has 15 heavy (non-hydrogen) atoms. The van der Waals surface area contributed by atoms with E-state index in [1.807, 2.05) is 7.05 Å². The molecule has 1 heterocycles. The molecule has 0 amide bonds. The summed E-state index contributed by atoms with van der Waals surface area (Å²) >= 11 is 0. The predicted molar refractivity (Wildman–Crippen MR) is 63.3 cm³/mol. The summed E-state index contributed by atoms with van der Waals surface area (Å²) in [6, 6.07) is 0.457. The summed E-state index contributed by atoms with van der Waals surface area (Å²) in [5, 5.41) is 3.30. The molecule has 0 aromatic heterocycles. The molecule has 1 atom stereocenters. The van der Waals surface area contributed by atoms with Crippen LogP contribution in [0.4, 0.5) is 0 Å². The molecule has 90 valence electrons. The second kappa shape index (κ2) is 7.17. The van der Waals surface area contributed by atoms with E-state index in [-0.39, 0.29) is 0 Å². The van der Waals surface area contributed by atoms with Gasteiger partial charge in [-0.05, 0) is 33.6 Å². The second-order valence-corrected chi connectivity index (χ2v) is 4.40. The predicted octanol–water partition coefficient (Wildman–Crippen LogP) is -0.142. The van der Waals surface area contributed by atoms with Crippen LogP contribution in [0.2, 0.25) is 0 Å². The Morgan fingerprint density at radius 1 is 1.27 bits per heavy atom. The maximum absolute atomic E-state index is 5.19. The minimum absolute atomic E-state index is 0.457. The highest BCUT2D eigenvalue weighted by atomic mass is 16.5. The van der Waals surface area contributed by atoms with Crippen molar-refractivity contribution < 1.29 is 4.74 Å². The van der Waals surface area contributed by atoms with E-state index >= 15 is 0 Å². The highest BCUT2D eigenvalue weighted by Crippen LogP contribution is 2.02. The average molecular weight is 215 g/mol. The van der Waals surface area contributed by atoms with Gasteiger partial charge < -0.3 is 19.9 Å². The van der Waals surface area contributed by atoms with Crippen LogP contribution in [0.15, 0.2) is 0 Å². The Morgan fingerprint density at radius 3 is 2.73 bits per heavy atom. The summed E-state index contributed by atoms with van der Waals surface area (Å²) in [7, 11) is 5.97. The lowest BCUT2D eigenvalue weighted by Gasteiger charge is -2.25. The smallest absolute Gasteiger partial charge is 0.0628 e. The largest absolute Gasteiger partial charge is 0.383 e. The van der Waals surface area contributed by atoms with Crippen molar-refractivity contribution in [2.45, 2.75) is 12.5 Å². The first kappa shape index (κ1) is 12.9. The number of hydrogen-bond donors (Lipinski definition) is 1. The molecule has 1 unspecified atom stereocenters. The van der Waals surface area contributed by atoms with Gasteiger partial charge in [-0.15, -0.1) is 0 Å². The zero-order valence-electron chi connectivity index (χ0n) is 10.3. The van der Waals surface area contributed by atoms with Gasteiger partial charge in [0.2, 0.25) is 0 Å². The first-order chi connectivity index (χ1) is 7.26. The van der Waals surface area contributed by atoms with Crippen molar-refractivity contribution in [3.63, 3.8) is 0 Å². The molecule has 1 rings (SSSR count). The van der Waals surface area contributed by atoms with Gasteiger partial charge in [-0.2, -0.15) is 0 Å². The quantitative estimate of drug-likeness (QED) is 0.691. The van der Waals surface area contributed by atoms with Crippen LogP contribution in [-0.2, 0) is 4.74 Å². The number of rotatable bonds is 5. The molecule has 1 fully saturated rings. The van der Waals surface area contributed by atoms with Gasteiger partial charge in [0.25, 0.3) is 0 Å². The topological polar surface area (TPSA) is 27.7 Å². The molecule has 1 aliphatic rings. The third-order valence-electron chi connectivity index (χ3n) is 3.07. The van der Waals surface area contributed by atoms with Gasteiger partial charge in [-0.25, -0.2) is 0 Å². The number of ether oxygens (including phenoxy) is 1. The summed E-state index contributed by atoms with van der Waals surface area (Å²) in [6.45, 7) is 6.69. The summed E-state index contributed by atoms with van der Waals surface area (Å²) < 4.78 is 5.19. The maximum atomic E-state index is 5.19. The molecule has 4 heteroatoms. The van der Waals surface area contributed by atoms with Gasteiger partial charge in [-0.1, -0.05) is 0 Å². The standard InChI is InChI=1S/C11H25N3O/c1-12-11(10-15-3)9-14-6-4-5-13(2)7-8-14/h11-12H,4-10H2,1-3H3. The van der Waals surface area contributed by atoms with Gasteiger partial charge >= 0.3 is 0 Å². The fourth-order valence-corrected chi connectivity index (χ4v) is 2.02. The van der Waals surface area contributed by atoms with E-state index in [0.717, 1.165) is 13.2 Å². The third-order valence-corrected chi connectivity index (χ3v) is 3.07. The molecule has 0 radical (unpaired) electrons. The molecule has 1 aliphatic heterocycles. The van der Waals surface area contributed by atoms with Crippen LogP contribution in [0.1, 0.15) is 6.42 Å². The number of nitrogens with zero attached hydrogens (tertiary/aromatic N) is 2. The molecular weight excluding hydrogens is 190 g/mol. The summed E-state index contributed by atoms with van der Waals surface area (Å²) in [6.07, 6.45) is 1.28. The first-order valence-electron chi connectivity index (χ1n) is 5.83. The lowest BCUT2D eigenvalue weighted by atomic mass is 10.2. The van der Waals surface area contributed by atoms with Crippen LogP contribution in [0.25, 0.3) is 0 Å². The van der Waals surface area contributed by atoms with Crippen molar-refractivity contribution in [3.8, 4) is 0 Å². The molecule has 0 aliphatic carbocycles. The van der Waals surface area contributed by atoms with E-state index < -0.39 is 0 Å². The van der Waals surface area contributed by atoms with Gasteiger partial charge in [0, 0.05) is 32.8 Å². The van der Waals surface area contributed by atoms with E-state index in [1.165, 1.54) is 32.6 Å². The number of methoxy groups -OCH3 is 1. The maximum Gasteiger partial charge on any atom is 0.0628 e. The molecule has 0 spiro atoms. The fourth-order valence-electron chi connectivity index (χ4n) is 2.02. The molecule has 0 bridgehead atoms. The molecule has 4 nitrogen and oxygen atoms in total. The van der Waals surface area contributed by atoms with E-state index in [1.54, 1.807) is 7.11 Å². The van der Waals surface area contributed by atoms with Crippen LogP contribution in [-0.4, -0.2) is 76.4 Å². The minimum Gasteiger partial charge on any atom is -0.383 e. The average Bonchev–Trinajstić information content (AvgIpc) is 2.43. The van der Waals surface area contributed by atoms with Crippen LogP contribution in [0, 0.1) is 0 Å². The third kappa shape index (κ3) is 4.93. The van der Waals surface area contributed by atoms with E-state index in [4.69, 9.17) is 4.74 Å². The zero-order chi connectivity index (χ0) is 11.1. The minimum atomic E-state index is 0.457. The molecule has 1 N–H and O–H groups in total. The number of likely N-dealkylation sites (N-methyl/N-ethyl adjacent to an activating group) is 2. The highest BCUT2D eigenvalue weighted by Gasteiger charge is 2.15. The normalized spacial score (nSPS) is 22.6. The van der Waals surface area contributed by atoms with Crippen LogP contribution in [0.3, 0.4) is 0 Å². The molecular formula is C11H25N3O. The Kier molecular flexibility index (Phi) is 6.17. The van der Waals surface area contributed by atoms with Gasteiger partial charge in [0.15, 0.2) is 0 Å². The number of hydrogen-bond acceptors (Lipinski definition) is 4. The second-order valence-electron chi connectivity index (χ2n) is 4.40. The molecule has 0 aromatic carbocycles. The van der Waals surface area contributed by atoms with Crippen LogP contribution in [0.5, 0.6) is 0 Å². The molecule has 1 saturated heterocycles. The van der Waals surface area contributed by atoms with Crippen molar-refractivity contribution in [2.75, 3.05) is 60.5 Å².